The Kier molecular flexibility index (Phi) is 4.80. The molecular weight excluding hydrogens is 244 g/mol. The predicted octanol–water partition coefficient (Wildman–Crippen LogP) is 1.14. The van der Waals surface area contributed by atoms with E-state index in [1.54, 1.807) is 0 Å². The van der Waals surface area contributed by atoms with Gasteiger partial charge >= 0.3 is 5.97 Å². The Morgan fingerprint density at radius 1 is 1.16 bits per heavy atom. The third-order valence-corrected chi connectivity index (χ3v) is 4.48. The highest BCUT2D eigenvalue weighted by Gasteiger charge is 2.39. The van der Waals surface area contributed by atoms with Crippen LogP contribution in [0.15, 0.2) is 0 Å². The zero-order chi connectivity index (χ0) is 13.7. The molecule has 1 saturated carbocycles. The molecule has 3 N–H and O–H groups in total. The molecule has 0 unspecified atom stereocenters. The van der Waals surface area contributed by atoms with Gasteiger partial charge in [-0.15, -0.1) is 0 Å². The largest absolute Gasteiger partial charge is 0.481 e. The number of rotatable bonds is 5. The SMILES string of the molecule is O=C(CC1CNC1)NCC1(C(=O)O)CCCCCC1. The second-order valence-corrected chi connectivity index (χ2v) is 6.00. The third-order valence-electron chi connectivity index (χ3n) is 4.48. The van der Waals surface area contributed by atoms with Crippen molar-refractivity contribution in [2.24, 2.45) is 11.3 Å². The van der Waals surface area contributed by atoms with Gasteiger partial charge in [-0.05, 0) is 31.8 Å². The Morgan fingerprint density at radius 3 is 2.26 bits per heavy atom. The standard InChI is InChI=1S/C14H24N2O3/c17-12(7-11-8-15-9-11)16-10-14(13(18)19)5-3-1-2-4-6-14/h11,15H,1-10H2,(H,16,17)(H,18,19). The van der Waals surface area contributed by atoms with Crippen molar-refractivity contribution < 1.29 is 14.7 Å². The van der Waals surface area contributed by atoms with E-state index in [2.05, 4.69) is 10.6 Å². The summed E-state index contributed by atoms with van der Waals surface area (Å²) >= 11 is 0. The van der Waals surface area contributed by atoms with Gasteiger partial charge in [0.2, 0.25) is 5.91 Å². The minimum atomic E-state index is -0.750. The molecule has 0 bridgehead atoms. The van der Waals surface area contributed by atoms with E-state index in [0.29, 0.717) is 31.7 Å². The number of aliphatic carboxylic acids is 1. The first-order valence-electron chi connectivity index (χ1n) is 7.33. The molecule has 2 aliphatic rings. The number of carboxylic acids is 1. The summed E-state index contributed by atoms with van der Waals surface area (Å²) < 4.78 is 0. The van der Waals surface area contributed by atoms with Crippen LogP contribution in [0.5, 0.6) is 0 Å². The fourth-order valence-corrected chi connectivity index (χ4v) is 2.97. The average Bonchev–Trinajstić information content (AvgIpc) is 2.58. The summed E-state index contributed by atoms with van der Waals surface area (Å²) in [5, 5.41) is 15.5. The van der Waals surface area contributed by atoms with Crippen LogP contribution in [0.3, 0.4) is 0 Å². The van der Waals surface area contributed by atoms with E-state index in [9.17, 15) is 14.7 Å². The Bertz CT molecular complexity index is 332. The van der Waals surface area contributed by atoms with Gasteiger partial charge in [-0.1, -0.05) is 25.7 Å². The summed E-state index contributed by atoms with van der Waals surface area (Å²) in [6.45, 7) is 2.09. The van der Waals surface area contributed by atoms with E-state index >= 15 is 0 Å². The van der Waals surface area contributed by atoms with Gasteiger partial charge in [0.05, 0.1) is 5.41 Å². The van der Waals surface area contributed by atoms with Gasteiger partial charge in [0.15, 0.2) is 0 Å². The third kappa shape index (κ3) is 3.69. The average molecular weight is 268 g/mol. The van der Waals surface area contributed by atoms with Gasteiger partial charge in [0.1, 0.15) is 0 Å². The minimum Gasteiger partial charge on any atom is -0.481 e. The lowest BCUT2D eigenvalue weighted by Gasteiger charge is -2.30. The Hall–Kier alpha value is -1.10. The maximum absolute atomic E-state index is 11.8. The molecule has 5 heteroatoms. The quantitative estimate of drug-likeness (QED) is 0.653. The van der Waals surface area contributed by atoms with E-state index in [4.69, 9.17) is 0 Å². The molecule has 1 amide bonds. The number of hydrogen-bond acceptors (Lipinski definition) is 3. The maximum atomic E-state index is 11.8. The number of nitrogens with one attached hydrogen (secondary N) is 2. The molecule has 0 radical (unpaired) electrons. The molecule has 0 aromatic heterocycles. The van der Waals surface area contributed by atoms with Crippen molar-refractivity contribution in [2.75, 3.05) is 19.6 Å². The molecule has 1 heterocycles. The zero-order valence-electron chi connectivity index (χ0n) is 11.4. The molecule has 19 heavy (non-hydrogen) atoms. The number of carbonyl (C=O) groups excluding carboxylic acids is 1. The number of hydrogen-bond donors (Lipinski definition) is 3. The highest BCUT2D eigenvalue weighted by atomic mass is 16.4. The highest BCUT2D eigenvalue weighted by molar-refractivity contribution is 5.79. The Morgan fingerprint density at radius 2 is 1.79 bits per heavy atom. The molecule has 1 saturated heterocycles. The number of carbonyl (C=O) groups is 2. The van der Waals surface area contributed by atoms with E-state index in [0.717, 1.165) is 38.8 Å². The van der Waals surface area contributed by atoms with Gasteiger partial charge in [-0.2, -0.15) is 0 Å². The molecule has 2 rings (SSSR count). The van der Waals surface area contributed by atoms with Gasteiger partial charge in [-0.25, -0.2) is 0 Å². The second-order valence-electron chi connectivity index (χ2n) is 6.00. The fraction of sp³-hybridized carbons (Fsp3) is 0.857. The summed E-state index contributed by atoms with van der Waals surface area (Å²) in [7, 11) is 0. The molecule has 108 valence electrons. The first-order valence-corrected chi connectivity index (χ1v) is 7.33. The van der Waals surface area contributed by atoms with Crippen molar-refractivity contribution in [3.8, 4) is 0 Å². The van der Waals surface area contributed by atoms with Crippen molar-refractivity contribution in [3.05, 3.63) is 0 Å². The van der Waals surface area contributed by atoms with E-state index in [-0.39, 0.29) is 5.91 Å². The minimum absolute atomic E-state index is 0.00336. The summed E-state index contributed by atoms with van der Waals surface area (Å²) in [6.07, 6.45) is 6.01. The summed E-state index contributed by atoms with van der Waals surface area (Å²) in [5.74, 6) is -0.328. The second kappa shape index (κ2) is 6.37. The Balaban J connectivity index is 1.85. The van der Waals surface area contributed by atoms with E-state index in [1.165, 1.54) is 0 Å². The van der Waals surface area contributed by atoms with Crippen LogP contribution in [0.4, 0.5) is 0 Å². The van der Waals surface area contributed by atoms with Crippen molar-refractivity contribution in [2.45, 2.75) is 44.9 Å². The van der Waals surface area contributed by atoms with Crippen LogP contribution < -0.4 is 10.6 Å². The molecule has 5 nitrogen and oxygen atoms in total. The van der Waals surface area contributed by atoms with Crippen molar-refractivity contribution in [1.82, 2.24) is 10.6 Å². The molecule has 0 aromatic carbocycles. The summed E-state index contributed by atoms with van der Waals surface area (Å²) in [4.78, 5) is 23.4. The first kappa shape index (κ1) is 14.3. The fourth-order valence-electron chi connectivity index (χ4n) is 2.97. The highest BCUT2D eigenvalue weighted by Crippen LogP contribution is 2.34. The molecule has 1 aliphatic carbocycles. The van der Waals surface area contributed by atoms with Crippen molar-refractivity contribution >= 4 is 11.9 Å². The van der Waals surface area contributed by atoms with Gasteiger partial charge in [0.25, 0.3) is 0 Å². The topological polar surface area (TPSA) is 78.4 Å². The van der Waals surface area contributed by atoms with Gasteiger partial charge < -0.3 is 15.7 Å². The van der Waals surface area contributed by atoms with Gasteiger partial charge in [-0.3, -0.25) is 9.59 Å². The summed E-state index contributed by atoms with van der Waals surface area (Å²) in [5.41, 5.74) is -0.732. The van der Waals surface area contributed by atoms with Crippen LogP contribution >= 0.6 is 0 Å². The molecular formula is C14H24N2O3. The van der Waals surface area contributed by atoms with Crippen LogP contribution in [0, 0.1) is 11.3 Å². The number of amides is 1. The lowest BCUT2D eigenvalue weighted by atomic mass is 9.80. The zero-order valence-corrected chi connectivity index (χ0v) is 11.4. The molecule has 1 aliphatic heterocycles. The normalized spacial score (nSPS) is 23.2. The van der Waals surface area contributed by atoms with Crippen LogP contribution in [-0.4, -0.2) is 36.6 Å². The van der Waals surface area contributed by atoms with Crippen LogP contribution in [0.25, 0.3) is 0 Å². The maximum Gasteiger partial charge on any atom is 0.311 e. The smallest absolute Gasteiger partial charge is 0.311 e. The van der Waals surface area contributed by atoms with E-state index in [1.807, 2.05) is 0 Å². The predicted molar refractivity (Wildman–Crippen MR) is 71.8 cm³/mol. The lowest BCUT2D eigenvalue weighted by molar-refractivity contribution is -0.149. The Labute approximate surface area is 114 Å². The van der Waals surface area contributed by atoms with E-state index < -0.39 is 11.4 Å². The molecule has 0 spiro atoms. The number of carboxylic acid groups (broad SMARTS) is 1. The molecule has 2 fully saturated rings. The van der Waals surface area contributed by atoms with Crippen molar-refractivity contribution in [1.29, 1.82) is 0 Å². The summed E-state index contributed by atoms with van der Waals surface area (Å²) in [6, 6.07) is 0. The first-order chi connectivity index (χ1) is 9.12. The molecule has 0 atom stereocenters. The lowest BCUT2D eigenvalue weighted by Crippen LogP contribution is -2.47. The van der Waals surface area contributed by atoms with Crippen LogP contribution in [0.2, 0.25) is 0 Å². The van der Waals surface area contributed by atoms with Crippen LogP contribution in [-0.2, 0) is 9.59 Å². The van der Waals surface area contributed by atoms with Gasteiger partial charge in [0, 0.05) is 13.0 Å². The van der Waals surface area contributed by atoms with Crippen LogP contribution in [0.1, 0.15) is 44.9 Å². The monoisotopic (exact) mass is 268 g/mol. The van der Waals surface area contributed by atoms with Crippen molar-refractivity contribution in [3.63, 3.8) is 0 Å². The molecule has 0 aromatic rings.